The summed E-state index contributed by atoms with van der Waals surface area (Å²) in [6.45, 7) is 7.88. The largest absolute Gasteiger partial charge is 0.460 e. The van der Waals surface area contributed by atoms with E-state index in [1.807, 2.05) is 0 Å². The quantitative estimate of drug-likeness (QED) is 0.620. The van der Waals surface area contributed by atoms with Gasteiger partial charge in [-0.15, -0.1) is 0 Å². The number of hydrogen-bond acceptors (Lipinski definition) is 3. The van der Waals surface area contributed by atoms with E-state index in [2.05, 4.69) is 5.32 Å². The number of alkyl halides is 2. The maximum absolute atomic E-state index is 14.8. The molecule has 3 nitrogen and oxygen atoms in total. The molecule has 1 heterocycles. The highest BCUT2D eigenvalue weighted by molar-refractivity contribution is 7.80. The Morgan fingerprint density at radius 1 is 1.38 bits per heavy atom. The summed E-state index contributed by atoms with van der Waals surface area (Å²) in [5, 5.41) is 2.63. The fourth-order valence-electron chi connectivity index (χ4n) is 2.94. The van der Waals surface area contributed by atoms with Gasteiger partial charge in [0, 0.05) is 12.0 Å². The predicted octanol–water partition coefficient (Wildman–Crippen LogP) is 4.31. The molecule has 7 heteroatoms. The average molecular weight is 387 g/mol. The Morgan fingerprint density at radius 3 is 2.58 bits per heavy atom. The van der Waals surface area contributed by atoms with Gasteiger partial charge in [0.1, 0.15) is 22.6 Å². The summed E-state index contributed by atoms with van der Waals surface area (Å²) in [5.41, 5.74) is -3.66. The summed E-state index contributed by atoms with van der Waals surface area (Å²) in [5.74, 6) is -1.12. The minimum Gasteiger partial charge on any atom is -0.460 e. The van der Waals surface area contributed by atoms with Crippen LogP contribution in [0, 0.1) is 5.82 Å². The lowest BCUT2D eigenvalue weighted by molar-refractivity contribution is -0.153. The van der Waals surface area contributed by atoms with E-state index >= 15 is 0 Å². The van der Waals surface area contributed by atoms with E-state index in [0.29, 0.717) is 5.56 Å². The first-order valence-electron chi connectivity index (χ1n) is 8.41. The van der Waals surface area contributed by atoms with Gasteiger partial charge in [-0.1, -0.05) is 18.3 Å². The highest BCUT2D eigenvalue weighted by Gasteiger charge is 2.50. The minimum atomic E-state index is -1.99. The van der Waals surface area contributed by atoms with Crippen molar-refractivity contribution < 1.29 is 22.7 Å². The van der Waals surface area contributed by atoms with Gasteiger partial charge in [0.15, 0.2) is 5.67 Å². The lowest BCUT2D eigenvalue weighted by Crippen LogP contribution is -2.61. The second-order valence-electron chi connectivity index (χ2n) is 8.10. The molecule has 1 N–H and O–H groups in total. The van der Waals surface area contributed by atoms with Gasteiger partial charge in [0.2, 0.25) is 0 Å². The smallest absolute Gasteiger partial charge is 0.310 e. The monoisotopic (exact) mass is 387 g/mol. The number of hydrogen-bond donors (Lipinski definition) is 1. The number of halogens is 3. The van der Waals surface area contributed by atoms with Crippen LogP contribution in [0.5, 0.6) is 0 Å². The summed E-state index contributed by atoms with van der Waals surface area (Å²) < 4.78 is 48.7. The van der Waals surface area contributed by atoms with Gasteiger partial charge in [-0.3, -0.25) is 4.79 Å². The Kier molecular flexibility index (Phi) is 5.43. The molecule has 1 fully saturated rings. The first kappa shape index (κ1) is 20.7. The molecule has 2 rings (SSSR count). The third-order valence-electron chi connectivity index (χ3n) is 4.39. The Balaban J connectivity index is 2.32. The van der Waals surface area contributed by atoms with Gasteiger partial charge < -0.3 is 10.1 Å². The van der Waals surface area contributed by atoms with Crippen LogP contribution < -0.4 is 5.32 Å². The van der Waals surface area contributed by atoms with Crippen LogP contribution >= 0.6 is 12.2 Å². The number of benzene rings is 1. The fraction of sp³-hybridized carbons (Fsp3) is 0.579. The Morgan fingerprint density at radius 2 is 2.00 bits per heavy atom. The second kappa shape index (κ2) is 6.83. The minimum absolute atomic E-state index is 0.00362. The zero-order chi connectivity index (χ0) is 19.9. The topological polar surface area (TPSA) is 38.3 Å². The summed E-state index contributed by atoms with van der Waals surface area (Å²) in [6.07, 6.45) is -2.25. The van der Waals surface area contributed by atoms with Crippen molar-refractivity contribution in [2.24, 2.45) is 0 Å². The van der Waals surface area contributed by atoms with Crippen LogP contribution in [0.4, 0.5) is 13.2 Å². The Labute approximate surface area is 157 Å². The number of carbonyl (C=O) groups is 1. The number of thiocarbonyl (C=S) groups is 1. The standard InChI is InChI=1S/C19H24F3NO2S/c1-17(2,3)25-15(24)9-11-6-7-13(20)12(8-11)19(5)14(21)10-18(4,22)16(26)23-19/h6-8,14H,9-10H2,1-5H3,(H,23,26)/t14-,18+,19+/m0/s1. The molecular weight excluding hydrogens is 363 g/mol. The van der Waals surface area contributed by atoms with Crippen molar-refractivity contribution in [3.05, 3.63) is 35.1 Å². The highest BCUT2D eigenvalue weighted by Crippen LogP contribution is 2.40. The number of nitrogens with one attached hydrogen (secondary N) is 1. The molecule has 1 aliphatic heterocycles. The molecule has 0 saturated carbocycles. The molecule has 0 radical (unpaired) electrons. The van der Waals surface area contributed by atoms with Crippen LogP contribution in [0.3, 0.4) is 0 Å². The maximum Gasteiger partial charge on any atom is 0.310 e. The molecule has 144 valence electrons. The van der Waals surface area contributed by atoms with E-state index in [1.165, 1.54) is 32.0 Å². The van der Waals surface area contributed by atoms with Crippen molar-refractivity contribution in [1.29, 1.82) is 0 Å². The van der Waals surface area contributed by atoms with Crippen LogP contribution in [0.2, 0.25) is 0 Å². The first-order valence-corrected chi connectivity index (χ1v) is 8.82. The Hall–Kier alpha value is -1.63. The molecule has 1 aromatic rings. The highest BCUT2D eigenvalue weighted by atomic mass is 32.1. The van der Waals surface area contributed by atoms with Gasteiger partial charge in [-0.2, -0.15) is 0 Å². The van der Waals surface area contributed by atoms with Gasteiger partial charge in [0.25, 0.3) is 0 Å². The molecule has 1 saturated heterocycles. The second-order valence-corrected chi connectivity index (χ2v) is 8.51. The normalized spacial score (nSPS) is 29.2. The third kappa shape index (κ3) is 4.37. The van der Waals surface area contributed by atoms with Crippen molar-refractivity contribution in [3.63, 3.8) is 0 Å². The average Bonchev–Trinajstić information content (AvgIpc) is 2.45. The van der Waals surface area contributed by atoms with E-state index in [1.54, 1.807) is 20.8 Å². The Bertz CT molecular complexity index is 730. The van der Waals surface area contributed by atoms with E-state index in [9.17, 15) is 18.0 Å². The molecule has 0 spiro atoms. The molecule has 0 aromatic heterocycles. The van der Waals surface area contributed by atoms with Crippen LogP contribution in [0.25, 0.3) is 0 Å². The van der Waals surface area contributed by atoms with Crippen molar-refractivity contribution >= 4 is 23.2 Å². The predicted molar refractivity (Wildman–Crippen MR) is 98.1 cm³/mol. The van der Waals surface area contributed by atoms with Crippen LogP contribution in [0.1, 0.15) is 52.2 Å². The zero-order valence-corrected chi connectivity index (χ0v) is 16.4. The number of carbonyl (C=O) groups excluding carboxylic acids is 1. The molecule has 0 aliphatic carbocycles. The number of ether oxygens (including phenoxy) is 1. The van der Waals surface area contributed by atoms with Crippen molar-refractivity contribution in [3.8, 4) is 0 Å². The molecule has 1 aliphatic rings. The summed E-state index contributed by atoms with van der Waals surface area (Å²) in [6, 6.07) is 4.02. The lowest BCUT2D eigenvalue weighted by atomic mass is 9.77. The van der Waals surface area contributed by atoms with Gasteiger partial charge in [-0.25, -0.2) is 13.2 Å². The SMILES string of the molecule is CC(C)(C)OC(=O)Cc1ccc(F)c([C@@]2(C)NC(=S)[C@](C)(F)C[C@@H]2F)c1. The lowest BCUT2D eigenvalue weighted by Gasteiger charge is -2.44. The van der Waals surface area contributed by atoms with E-state index in [-0.39, 0.29) is 17.0 Å². The van der Waals surface area contributed by atoms with Crippen LogP contribution in [0.15, 0.2) is 18.2 Å². The third-order valence-corrected chi connectivity index (χ3v) is 4.92. The van der Waals surface area contributed by atoms with Crippen molar-refractivity contribution in [2.75, 3.05) is 0 Å². The molecule has 1 aromatic carbocycles. The summed E-state index contributed by atoms with van der Waals surface area (Å²) in [4.78, 5) is 11.8. The van der Waals surface area contributed by atoms with E-state index in [0.717, 1.165) is 0 Å². The van der Waals surface area contributed by atoms with E-state index in [4.69, 9.17) is 17.0 Å². The van der Waals surface area contributed by atoms with Gasteiger partial charge in [-0.05, 0) is 52.3 Å². The summed E-state index contributed by atoms with van der Waals surface area (Å²) >= 11 is 5.00. The molecule has 26 heavy (non-hydrogen) atoms. The summed E-state index contributed by atoms with van der Waals surface area (Å²) in [7, 11) is 0. The fourth-order valence-corrected chi connectivity index (χ4v) is 3.23. The molecule has 0 amide bonds. The van der Waals surface area contributed by atoms with Crippen molar-refractivity contribution in [2.45, 2.75) is 70.4 Å². The number of esters is 1. The zero-order valence-electron chi connectivity index (χ0n) is 15.6. The molecule has 0 bridgehead atoms. The number of rotatable bonds is 3. The maximum atomic E-state index is 14.8. The number of piperidine rings is 1. The van der Waals surface area contributed by atoms with E-state index < -0.39 is 41.2 Å². The van der Waals surface area contributed by atoms with Crippen LogP contribution in [-0.4, -0.2) is 28.4 Å². The van der Waals surface area contributed by atoms with Crippen LogP contribution in [-0.2, 0) is 21.5 Å². The van der Waals surface area contributed by atoms with Gasteiger partial charge >= 0.3 is 5.97 Å². The van der Waals surface area contributed by atoms with Crippen molar-refractivity contribution in [1.82, 2.24) is 5.32 Å². The first-order chi connectivity index (χ1) is 11.7. The molecule has 3 atom stereocenters. The molecule has 0 unspecified atom stereocenters. The molecular formula is C19H24F3NO2S. The van der Waals surface area contributed by atoms with Gasteiger partial charge in [0.05, 0.1) is 12.0 Å².